The van der Waals surface area contributed by atoms with Crippen molar-refractivity contribution in [3.8, 4) is 11.5 Å². The third-order valence-corrected chi connectivity index (χ3v) is 3.99. The molecule has 0 aromatic heterocycles. The first-order chi connectivity index (χ1) is 12.7. The summed E-state index contributed by atoms with van der Waals surface area (Å²) in [4.78, 5) is 10.8. The van der Waals surface area contributed by atoms with Crippen LogP contribution in [-0.4, -0.2) is 5.91 Å². The predicted octanol–water partition coefficient (Wildman–Crippen LogP) is 4.51. The van der Waals surface area contributed by atoms with Crippen molar-refractivity contribution < 1.29 is 9.53 Å². The standard InChI is InChI=1S/C22H22N2O2/c23-22(25)14-11-17-9-12-19(13-10-17)24-16-18-5-4-8-21(15-18)26-20-6-2-1-3-7-20/h1-10,12-13,15,24H,11,14,16H2,(H2,23,25). The molecule has 0 atom stereocenters. The van der Waals surface area contributed by atoms with Gasteiger partial charge in [-0.2, -0.15) is 0 Å². The third-order valence-electron chi connectivity index (χ3n) is 3.99. The quantitative estimate of drug-likeness (QED) is 0.631. The Morgan fingerprint density at radius 3 is 2.31 bits per heavy atom. The van der Waals surface area contributed by atoms with Gasteiger partial charge in [0.25, 0.3) is 0 Å². The van der Waals surface area contributed by atoms with Crippen LogP contribution in [0.5, 0.6) is 11.5 Å². The van der Waals surface area contributed by atoms with E-state index in [2.05, 4.69) is 11.4 Å². The number of hydrogen-bond donors (Lipinski definition) is 2. The summed E-state index contributed by atoms with van der Waals surface area (Å²) in [6, 6.07) is 25.8. The van der Waals surface area contributed by atoms with Crippen molar-refractivity contribution in [2.24, 2.45) is 5.73 Å². The van der Waals surface area contributed by atoms with Gasteiger partial charge in [0.1, 0.15) is 11.5 Å². The number of carbonyl (C=O) groups excluding carboxylic acids is 1. The van der Waals surface area contributed by atoms with Crippen LogP contribution in [0.3, 0.4) is 0 Å². The van der Waals surface area contributed by atoms with Crippen molar-refractivity contribution in [3.05, 3.63) is 90.0 Å². The second-order valence-corrected chi connectivity index (χ2v) is 6.08. The fraction of sp³-hybridized carbons (Fsp3) is 0.136. The molecule has 0 fully saturated rings. The number of carbonyl (C=O) groups is 1. The van der Waals surface area contributed by atoms with Crippen LogP contribution in [0, 0.1) is 0 Å². The molecule has 0 unspecified atom stereocenters. The predicted molar refractivity (Wildman–Crippen MR) is 104 cm³/mol. The summed E-state index contributed by atoms with van der Waals surface area (Å²) in [6.45, 7) is 0.701. The molecule has 0 aliphatic carbocycles. The number of amides is 1. The minimum atomic E-state index is -0.273. The molecule has 1 amide bonds. The summed E-state index contributed by atoms with van der Waals surface area (Å²) >= 11 is 0. The molecule has 3 N–H and O–H groups in total. The SMILES string of the molecule is NC(=O)CCc1ccc(NCc2cccc(Oc3ccccc3)c2)cc1. The Labute approximate surface area is 153 Å². The number of nitrogens with one attached hydrogen (secondary N) is 1. The molecule has 3 rings (SSSR count). The van der Waals surface area contributed by atoms with Crippen LogP contribution >= 0.6 is 0 Å². The maximum absolute atomic E-state index is 10.8. The Morgan fingerprint density at radius 2 is 1.58 bits per heavy atom. The van der Waals surface area contributed by atoms with Gasteiger partial charge in [0.15, 0.2) is 0 Å². The lowest BCUT2D eigenvalue weighted by molar-refractivity contribution is -0.117. The summed E-state index contributed by atoms with van der Waals surface area (Å²) < 4.78 is 5.87. The molecular formula is C22H22N2O2. The third kappa shape index (κ3) is 5.38. The molecule has 0 radical (unpaired) electrons. The highest BCUT2D eigenvalue weighted by molar-refractivity contribution is 5.74. The summed E-state index contributed by atoms with van der Waals surface area (Å²) in [5.74, 6) is 1.37. The summed E-state index contributed by atoms with van der Waals surface area (Å²) in [6.07, 6.45) is 1.05. The molecule has 4 nitrogen and oxygen atoms in total. The van der Waals surface area contributed by atoms with E-state index in [0.717, 1.165) is 28.3 Å². The normalized spacial score (nSPS) is 10.3. The lowest BCUT2D eigenvalue weighted by Crippen LogP contribution is -2.11. The van der Waals surface area contributed by atoms with Crippen LogP contribution in [-0.2, 0) is 17.8 Å². The number of para-hydroxylation sites is 1. The first-order valence-electron chi connectivity index (χ1n) is 8.62. The Morgan fingerprint density at radius 1 is 0.846 bits per heavy atom. The average Bonchev–Trinajstić information content (AvgIpc) is 2.67. The highest BCUT2D eigenvalue weighted by atomic mass is 16.5. The Kier molecular flexibility index (Phi) is 5.88. The Bertz CT molecular complexity index is 846. The second kappa shape index (κ2) is 8.72. The average molecular weight is 346 g/mol. The van der Waals surface area contributed by atoms with Crippen molar-refractivity contribution >= 4 is 11.6 Å². The zero-order valence-corrected chi connectivity index (χ0v) is 14.5. The van der Waals surface area contributed by atoms with Crippen LogP contribution in [0.4, 0.5) is 5.69 Å². The van der Waals surface area contributed by atoms with Gasteiger partial charge in [-0.05, 0) is 53.9 Å². The largest absolute Gasteiger partial charge is 0.457 e. The summed E-state index contributed by atoms with van der Waals surface area (Å²) in [7, 11) is 0. The number of ether oxygens (including phenoxy) is 1. The van der Waals surface area contributed by atoms with E-state index in [-0.39, 0.29) is 5.91 Å². The molecule has 132 valence electrons. The van der Waals surface area contributed by atoms with Crippen LogP contribution in [0.15, 0.2) is 78.9 Å². The topological polar surface area (TPSA) is 64.4 Å². The van der Waals surface area contributed by atoms with Gasteiger partial charge >= 0.3 is 0 Å². The second-order valence-electron chi connectivity index (χ2n) is 6.08. The van der Waals surface area contributed by atoms with Gasteiger partial charge in [-0.1, -0.05) is 42.5 Å². The van der Waals surface area contributed by atoms with Gasteiger partial charge in [-0.15, -0.1) is 0 Å². The molecule has 4 heteroatoms. The lowest BCUT2D eigenvalue weighted by Gasteiger charge is -2.10. The van der Waals surface area contributed by atoms with E-state index in [1.807, 2.05) is 72.8 Å². The smallest absolute Gasteiger partial charge is 0.217 e. The van der Waals surface area contributed by atoms with E-state index in [1.54, 1.807) is 0 Å². The minimum Gasteiger partial charge on any atom is -0.457 e. The molecule has 0 saturated carbocycles. The molecular weight excluding hydrogens is 324 g/mol. The molecule has 0 aliphatic rings. The van der Waals surface area contributed by atoms with E-state index >= 15 is 0 Å². The maximum Gasteiger partial charge on any atom is 0.217 e. The van der Waals surface area contributed by atoms with E-state index in [9.17, 15) is 4.79 Å². The maximum atomic E-state index is 10.8. The van der Waals surface area contributed by atoms with Crippen LogP contribution in [0.2, 0.25) is 0 Å². The van der Waals surface area contributed by atoms with Crippen LogP contribution < -0.4 is 15.8 Å². The minimum absolute atomic E-state index is 0.273. The fourth-order valence-electron chi connectivity index (χ4n) is 2.60. The van der Waals surface area contributed by atoms with Crippen LogP contribution in [0.25, 0.3) is 0 Å². The first-order valence-corrected chi connectivity index (χ1v) is 8.62. The highest BCUT2D eigenvalue weighted by Crippen LogP contribution is 2.22. The number of aryl methyl sites for hydroxylation is 1. The summed E-state index contributed by atoms with van der Waals surface area (Å²) in [5, 5.41) is 3.40. The summed E-state index contributed by atoms with van der Waals surface area (Å²) in [5.41, 5.74) is 8.45. The van der Waals surface area contributed by atoms with Gasteiger partial charge in [0.05, 0.1) is 0 Å². The van der Waals surface area contributed by atoms with E-state index in [1.165, 1.54) is 0 Å². The molecule has 26 heavy (non-hydrogen) atoms. The van der Waals surface area contributed by atoms with E-state index in [0.29, 0.717) is 19.4 Å². The molecule has 3 aromatic carbocycles. The van der Waals surface area contributed by atoms with Crippen molar-refractivity contribution in [1.29, 1.82) is 0 Å². The number of primary amides is 1. The van der Waals surface area contributed by atoms with Crippen molar-refractivity contribution in [1.82, 2.24) is 0 Å². The van der Waals surface area contributed by atoms with Crippen LogP contribution in [0.1, 0.15) is 17.5 Å². The Balaban J connectivity index is 1.56. The number of anilines is 1. The molecule has 0 saturated heterocycles. The molecule has 3 aromatic rings. The first kappa shape index (κ1) is 17.5. The van der Waals surface area contributed by atoms with Gasteiger partial charge in [-0.3, -0.25) is 4.79 Å². The van der Waals surface area contributed by atoms with E-state index in [4.69, 9.17) is 10.5 Å². The van der Waals surface area contributed by atoms with Gasteiger partial charge < -0.3 is 15.8 Å². The molecule has 0 spiro atoms. The Hall–Kier alpha value is -3.27. The van der Waals surface area contributed by atoms with Crippen molar-refractivity contribution in [2.45, 2.75) is 19.4 Å². The van der Waals surface area contributed by atoms with Crippen molar-refractivity contribution in [2.75, 3.05) is 5.32 Å². The number of nitrogens with two attached hydrogens (primary N) is 1. The number of rotatable bonds is 8. The lowest BCUT2D eigenvalue weighted by atomic mass is 10.1. The van der Waals surface area contributed by atoms with Crippen molar-refractivity contribution in [3.63, 3.8) is 0 Å². The van der Waals surface area contributed by atoms with Gasteiger partial charge in [-0.25, -0.2) is 0 Å². The monoisotopic (exact) mass is 346 g/mol. The highest BCUT2D eigenvalue weighted by Gasteiger charge is 2.01. The molecule has 0 bridgehead atoms. The number of hydrogen-bond acceptors (Lipinski definition) is 3. The fourth-order valence-corrected chi connectivity index (χ4v) is 2.60. The zero-order valence-electron chi connectivity index (χ0n) is 14.5. The van der Waals surface area contributed by atoms with E-state index < -0.39 is 0 Å². The zero-order chi connectivity index (χ0) is 18.2. The van der Waals surface area contributed by atoms with Gasteiger partial charge in [0.2, 0.25) is 5.91 Å². The molecule has 0 aliphatic heterocycles. The number of benzene rings is 3. The van der Waals surface area contributed by atoms with Gasteiger partial charge in [0, 0.05) is 18.7 Å². The molecule has 0 heterocycles.